The third-order valence-corrected chi connectivity index (χ3v) is 6.55. The van der Waals surface area contributed by atoms with Crippen molar-refractivity contribution in [3.05, 3.63) is 96.0 Å². The quantitative estimate of drug-likeness (QED) is 0.337. The summed E-state index contributed by atoms with van der Waals surface area (Å²) >= 11 is 0. The average molecular weight is 491 g/mol. The standard InChI is InChI=1S/C29H25F3N2O2/c30-23-8-5-20(6-9-23)26-17-22(28(35)34-15-13-29(31,32)14-16-34)7-11-25(26)19-1-3-21(4-2-19)27-12-10-24(18-33)36-27/h1-12,17H,13-16,18,33H2. The Bertz CT molecular complexity index is 1370. The van der Waals surface area contributed by atoms with E-state index in [1.807, 2.05) is 42.5 Å². The Labute approximate surface area is 207 Å². The van der Waals surface area contributed by atoms with Gasteiger partial charge in [0, 0.05) is 37.1 Å². The van der Waals surface area contributed by atoms with Crippen LogP contribution in [0.3, 0.4) is 0 Å². The molecular weight excluding hydrogens is 465 g/mol. The number of alkyl halides is 2. The van der Waals surface area contributed by atoms with Crippen LogP contribution in [-0.2, 0) is 6.54 Å². The first kappa shape index (κ1) is 23.9. The molecule has 4 nitrogen and oxygen atoms in total. The van der Waals surface area contributed by atoms with E-state index in [9.17, 15) is 18.0 Å². The molecular formula is C29H25F3N2O2. The first-order valence-corrected chi connectivity index (χ1v) is 11.8. The van der Waals surface area contributed by atoms with Gasteiger partial charge < -0.3 is 15.1 Å². The summed E-state index contributed by atoms with van der Waals surface area (Å²) in [5.41, 5.74) is 10.2. The van der Waals surface area contributed by atoms with Crippen molar-refractivity contribution < 1.29 is 22.4 Å². The summed E-state index contributed by atoms with van der Waals surface area (Å²) in [6.45, 7) is 0.350. The number of furan rings is 1. The van der Waals surface area contributed by atoms with E-state index in [1.165, 1.54) is 17.0 Å². The van der Waals surface area contributed by atoms with Crippen LogP contribution >= 0.6 is 0 Å². The molecule has 2 heterocycles. The van der Waals surface area contributed by atoms with Gasteiger partial charge in [0.1, 0.15) is 17.3 Å². The normalized spacial score (nSPS) is 15.2. The second-order valence-electron chi connectivity index (χ2n) is 8.96. The van der Waals surface area contributed by atoms with E-state index in [4.69, 9.17) is 10.2 Å². The van der Waals surface area contributed by atoms with Gasteiger partial charge in [-0.15, -0.1) is 0 Å². The molecule has 1 aromatic heterocycles. The fraction of sp³-hybridized carbons (Fsp3) is 0.207. The highest BCUT2D eigenvalue weighted by Gasteiger charge is 2.35. The van der Waals surface area contributed by atoms with E-state index in [0.29, 0.717) is 23.6 Å². The highest BCUT2D eigenvalue weighted by molar-refractivity contribution is 5.98. The zero-order valence-corrected chi connectivity index (χ0v) is 19.5. The number of nitrogens with two attached hydrogens (primary N) is 1. The van der Waals surface area contributed by atoms with Gasteiger partial charge in [0.25, 0.3) is 11.8 Å². The molecule has 1 amide bonds. The lowest BCUT2D eigenvalue weighted by molar-refractivity contribution is -0.0494. The van der Waals surface area contributed by atoms with Crippen LogP contribution in [0.5, 0.6) is 0 Å². The summed E-state index contributed by atoms with van der Waals surface area (Å²) in [5.74, 6) is -1.96. The maximum absolute atomic E-state index is 13.6. The van der Waals surface area contributed by atoms with Gasteiger partial charge in [0.05, 0.1) is 6.54 Å². The molecule has 0 aliphatic carbocycles. The molecule has 1 aliphatic rings. The molecule has 7 heteroatoms. The maximum atomic E-state index is 13.6. The van der Waals surface area contributed by atoms with Crippen LogP contribution in [0, 0.1) is 5.82 Å². The third kappa shape index (κ3) is 4.93. The highest BCUT2D eigenvalue weighted by atomic mass is 19.3. The summed E-state index contributed by atoms with van der Waals surface area (Å²) in [5, 5.41) is 0. The molecule has 36 heavy (non-hydrogen) atoms. The molecule has 1 saturated heterocycles. The van der Waals surface area contributed by atoms with Crippen molar-refractivity contribution in [2.75, 3.05) is 13.1 Å². The second kappa shape index (κ2) is 9.66. The van der Waals surface area contributed by atoms with Gasteiger partial charge in [-0.2, -0.15) is 0 Å². The fourth-order valence-corrected chi connectivity index (χ4v) is 4.47. The number of rotatable bonds is 5. The maximum Gasteiger partial charge on any atom is 0.253 e. The van der Waals surface area contributed by atoms with E-state index in [-0.39, 0.29) is 37.7 Å². The zero-order chi connectivity index (χ0) is 25.3. The highest BCUT2D eigenvalue weighted by Crippen LogP contribution is 2.35. The molecule has 1 fully saturated rings. The SMILES string of the molecule is NCc1ccc(-c2ccc(-c3ccc(C(=O)N4CCC(F)(F)CC4)cc3-c3ccc(F)cc3)cc2)o1. The van der Waals surface area contributed by atoms with Gasteiger partial charge in [-0.25, -0.2) is 13.2 Å². The molecule has 4 aromatic rings. The van der Waals surface area contributed by atoms with E-state index in [0.717, 1.165) is 27.8 Å². The predicted octanol–water partition coefficient (Wildman–Crippen LogP) is 6.75. The number of halogens is 3. The number of nitrogens with zero attached hydrogens (tertiary/aromatic N) is 1. The molecule has 0 spiro atoms. The Hall–Kier alpha value is -3.84. The molecule has 5 rings (SSSR count). The Kier molecular flexibility index (Phi) is 6.41. The van der Waals surface area contributed by atoms with Crippen molar-refractivity contribution in [3.63, 3.8) is 0 Å². The van der Waals surface area contributed by atoms with E-state index in [2.05, 4.69) is 0 Å². The Morgan fingerprint density at radius 1 is 0.833 bits per heavy atom. The van der Waals surface area contributed by atoms with Gasteiger partial charge in [0.2, 0.25) is 0 Å². The van der Waals surface area contributed by atoms with Gasteiger partial charge in [-0.05, 0) is 58.7 Å². The summed E-state index contributed by atoms with van der Waals surface area (Å²) in [7, 11) is 0. The van der Waals surface area contributed by atoms with E-state index < -0.39 is 5.92 Å². The number of hydrogen-bond donors (Lipinski definition) is 1. The first-order chi connectivity index (χ1) is 17.3. The van der Waals surface area contributed by atoms with E-state index >= 15 is 0 Å². The molecule has 0 radical (unpaired) electrons. The Balaban J connectivity index is 1.50. The van der Waals surface area contributed by atoms with Gasteiger partial charge in [0.15, 0.2) is 0 Å². The van der Waals surface area contributed by atoms with Crippen LogP contribution in [0.15, 0.2) is 83.3 Å². The molecule has 3 aromatic carbocycles. The molecule has 2 N–H and O–H groups in total. The second-order valence-corrected chi connectivity index (χ2v) is 8.96. The van der Waals surface area contributed by atoms with Gasteiger partial charge >= 0.3 is 0 Å². The van der Waals surface area contributed by atoms with Crippen molar-refractivity contribution in [3.8, 4) is 33.6 Å². The minimum atomic E-state index is -2.73. The van der Waals surface area contributed by atoms with Crippen molar-refractivity contribution in [2.24, 2.45) is 5.73 Å². The monoisotopic (exact) mass is 490 g/mol. The number of carbonyl (C=O) groups excluding carboxylic acids is 1. The molecule has 184 valence electrons. The van der Waals surface area contributed by atoms with Crippen molar-refractivity contribution in [1.29, 1.82) is 0 Å². The number of benzene rings is 3. The number of hydrogen-bond acceptors (Lipinski definition) is 3. The molecule has 0 bridgehead atoms. The van der Waals surface area contributed by atoms with Crippen molar-refractivity contribution in [1.82, 2.24) is 4.90 Å². The first-order valence-electron chi connectivity index (χ1n) is 11.8. The van der Waals surface area contributed by atoms with Crippen molar-refractivity contribution >= 4 is 5.91 Å². The number of likely N-dealkylation sites (tertiary alicyclic amines) is 1. The Morgan fingerprint density at radius 2 is 1.44 bits per heavy atom. The lowest BCUT2D eigenvalue weighted by Gasteiger charge is -2.32. The fourth-order valence-electron chi connectivity index (χ4n) is 4.47. The summed E-state index contributed by atoms with van der Waals surface area (Å²) in [6, 6.07) is 22.9. The van der Waals surface area contributed by atoms with E-state index in [1.54, 1.807) is 24.3 Å². The van der Waals surface area contributed by atoms with Gasteiger partial charge in [-0.3, -0.25) is 4.79 Å². The van der Waals surface area contributed by atoms with Crippen LogP contribution in [-0.4, -0.2) is 29.8 Å². The minimum absolute atomic E-state index is 0.0135. The molecule has 0 atom stereocenters. The molecule has 0 unspecified atom stereocenters. The van der Waals surface area contributed by atoms with Crippen LogP contribution in [0.2, 0.25) is 0 Å². The average Bonchev–Trinajstić information content (AvgIpc) is 3.38. The smallest absolute Gasteiger partial charge is 0.253 e. The lowest BCUT2D eigenvalue weighted by Crippen LogP contribution is -2.42. The predicted molar refractivity (Wildman–Crippen MR) is 133 cm³/mol. The Morgan fingerprint density at radius 3 is 2.08 bits per heavy atom. The lowest BCUT2D eigenvalue weighted by atomic mass is 9.91. The molecule has 0 saturated carbocycles. The summed E-state index contributed by atoms with van der Waals surface area (Å²) in [4.78, 5) is 14.6. The van der Waals surface area contributed by atoms with Gasteiger partial charge in [-0.1, -0.05) is 42.5 Å². The molecule has 1 aliphatic heterocycles. The third-order valence-electron chi connectivity index (χ3n) is 6.55. The largest absolute Gasteiger partial charge is 0.460 e. The summed E-state index contributed by atoms with van der Waals surface area (Å²) < 4.78 is 46.5. The van der Waals surface area contributed by atoms with Crippen LogP contribution in [0.4, 0.5) is 13.2 Å². The zero-order valence-electron chi connectivity index (χ0n) is 19.5. The summed E-state index contributed by atoms with van der Waals surface area (Å²) in [6.07, 6.45) is -0.674. The van der Waals surface area contributed by atoms with Crippen molar-refractivity contribution in [2.45, 2.75) is 25.3 Å². The number of carbonyl (C=O) groups is 1. The van der Waals surface area contributed by atoms with Crippen LogP contribution in [0.25, 0.3) is 33.6 Å². The van der Waals surface area contributed by atoms with Crippen LogP contribution in [0.1, 0.15) is 29.0 Å². The number of amides is 1. The topological polar surface area (TPSA) is 59.5 Å². The minimum Gasteiger partial charge on any atom is -0.460 e. The number of piperidine rings is 1. The van der Waals surface area contributed by atoms with Crippen LogP contribution < -0.4 is 5.73 Å².